The van der Waals surface area contributed by atoms with E-state index in [0.29, 0.717) is 19.4 Å². The molecule has 0 rings (SSSR count). The van der Waals surface area contributed by atoms with Crippen LogP contribution in [0.15, 0.2) is 0 Å². The molecule has 0 aliphatic heterocycles. The van der Waals surface area contributed by atoms with Crippen molar-refractivity contribution in [2.45, 2.75) is 39.7 Å². The lowest BCUT2D eigenvalue weighted by Crippen LogP contribution is -2.45. The highest BCUT2D eigenvalue weighted by Crippen LogP contribution is 2.13. The minimum absolute atomic E-state index is 0.257. The number of carbonyl (C=O) groups excluding carboxylic acids is 1. The van der Waals surface area contributed by atoms with Crippen molar-refractivity contribution in [3.05, 3.63) is 0 Å². The molecule has 4 N–H and O–H groups in total. The lowest BCUT2D eigenvalue weighted by Gasteiger charge is -2.21. The summed E-state index contributed by atoms with van der Waals surface area (Å²) in [5, 5.41) is 11.4. The maximum Gasteiger partial charge on any atom is 0.326 e. The molecule has 0 saturated carbocycles. The summed E-state index contributed by atoms with van der Waals surface area (Å²) < 4.78 is 0. The first-order chi connectivity index (χ1) is 6.79. The average Bonchev–Trinajstić information content (AvgIpc) is 2.09. The number of carbonyl (C=O) groups is 2. The Bertz CT molecular complexity index is 233. The highest BCUT2D eigenvalue weighted by molar-refractivity contribution is 5.86. The Balaban J connectivity index is 4.29. The van der Waals surface area contributed by atoms with E-state index in [-0.39, 0.29) is 5.91 Å². The van der Waals surface area contributed by atoms with Gasteiger partial charge in [0.05, 0.1) is 0 Å². The van der Waals surface area contributed by atoms with E-state index in [1.54, 1.807) is 20.8 Å². The van der Waals surface area contributed by atoms with Gasteiger partial charge in [-0.25, -0.2) is 4.79 Å². The summed E-state index contributed by atoms with van der Waals surface area (Å²) in [4.78, 5) is 22.3. The molecule has 0 spiro atoms. The van der Waals surface area contributed by atoms with E-state index in [9.17, 15) is 9.59 Å². The lowest BCUT2D eigenvalue weighted by atomic mass is 9.95. The minimum atomic E-state index is -1.01. The first kappa shape index (κ1) is 13.9. The van der Waals surface area contributed by atoms with Crippen LogP contribution < -0.4 is 11.1 Å². The summed E-state index contributed by atoms with van der Waals surface area (Å²) in [6.45, 7) is 5.65. The van der Waals surface area contributed by atoms with Crippen molar-refractivity contribution in [3.63, 3.8) is 0 Å². The Morgan fingerprint density at radius 3 is 2.27 bits per heavy atom. The largest absolute Gasteiger partial charge is 0.480 e. The first-order valence-electron chi connectivity index (χ1n) is 5.03. The van der Waals surface area contributed by atoms with E-state index >= 15 is 0 Å². The highest BCUT2D eigenvalue weighted by Gasteiger charge is 2.26. The van der Waals surface area contributed by atoms with Crippen molar-refractivity contribution in [1.82, 2.24) is 5.32 Å². The van der Waals surface area contributed by atoms with Crippen LogP contribution in [0.4, 0.5) is 0 Å². The van der Waals surface area contributed by atoms with Crippen molar-refractivity contribution >= 4 is 11.9 Å². The third-order valence-corrected chi connectivity index (χ3v) is 1.98. The Kier molecular flexibility index (Phi) is 5.28. The second-order valence-corrected chi connectivity index (χ2v) is 4.55. The Labute approximate surface area is 90.0 Å². The standard InChI is InChI=1S/C10H20N2O3/c1-10(2,3)9(15)12-7(8(13)14)5-4-6-11/h7H,4-6,11H2,1-3H3,(H,12,15)(H,13,14)/t7-/m1/s1. The van der Waals surface area contributed by atoms with E-state index in [4.69, 9.17) is 10.8 Å². The molecule has 0 aliphatic carbocycles. The van der Waals surface area contributed by atoms with Crippen molar-refractivity contribution in [3.8, 4) is 0 Å². The number of nitrogens with two attached hydrogens (primary N) is 1. The van der Waals surface area contributed by atoms with Crippen molar-refractivity contribution in [2.24, 2.45) is 11.1 Å². The molecular formula is C10H20N2O3. The number of carboxylic acid groups (broad SMARTS) is 1. The van der Waals surface area contributed by atoms with Gasteiger partial charge in [-0.15, -0.1) is 0 Å². The molecular weight excluding hydrogens is 196 g/mol. The zero-order valence-corrected chi connectivity index (χ0v) is 9.54. The number of aliphatic carboxylic acids is 1. The first-order valence-corrected chi connectivity index (χ1v) is 5.03. The summed E-state index contributed by atoms with van der Waals surface area (Å²) in [6, 6.07) is -0.833. The third-order valence-electron chi connectivity index (χ3n) is 1.98. The Hall–Kier alpha value is -1.10. The van der Waals surface area contributed by atoms with Crippen LogP contribution in [0.1, 0.15) is 33.6 Å². The number of hydrogen-bond acceptors (Lipinski definition) is 3. The fourth-order valence-corrected chi connectivity index (χ4v) is 0.954. The van der Waals surface area contributed by atoms with Crippen LogP contribution in [-0.2, 0) is 9.59 Å². The molecule has 1 atom stereocenters. The number of hydrogen-bond donors (Lipinski definition) is 3. The van der Waals surface area contributed by atoms with E-state index in [1.807, 2.05) is 0 Å². The van der Waals surface area contributed by atoms with E-state index in [1.165, 1.54) is 0 Å². The molecule has 5 heteroatoms. The molecule has 0 fully saturated rings. The smallest absolute Gasteiger partial charge is 0.326 e. The summed E-state index contributed by atoms with van der Waals surface area (Å²) in [5.74, 6) is -1.27. The van der Waals surface area contributed by atoms with Gasteiger partial charge < -0.3 is 16.2 Å². The molecule has 0 unspecified atom stereocenters. The molecule has 0 radical (unpaired) electrons. The molecule has 0 aliphatic rings. The predicted octanol–water partition coefficient (Wildman–Crippen LogP) is 0.341. The van der Waals surface area contributed by atoms with Gasteiger partial charge in [-0.2, -0.15) is 0 Å². The summed E-state index contributed by atoms with van der Waals surface area (Å²) >= 11 is 0. The van der Waals surface area contributed by atoms with Crippen LogP contribution in [0.2, 0.25) is 0 Å². The van der Waals surface area contributed by atoms with Crippen LogP contribution in [0.3, 0.4) is 0 Å². The number of rotatable bonds is 5. The molecule has 0 bridgehead atoms. The zero-order chi connectivity index (χ0) is 12.1. The van der Waals surface area contributed by atoms with Gasteiger partial charge in [-0.05, 0) is 19.4 Å². The van der Waals surface area contributed by atoms with Crippen molar-refractivity contribution in [1.29, 1.82) is 0 Å². The monoisotopic (exact) mass is 216 g/mol. The normalized spacial score (nSPS) is 13.3. The summed E-state index contributed by atoms with van der Waals surface area (Å²) in [5.41, 5.74) is 4.71. The second kappa shape index (κ2) is 5.70. The van der Waals surface area contributed by atoms with Gasteiger partial charge in [0.25, 0.3) is 0 Å². The predicted molar refractivity (Wildman–Crippen MR) is 57.3 cm³/mol. The zero-order valence-electron chi connectivity index (χ0n) is 9.54. The molecule has 0 aromatic rings. The Morgan fingerprint density at radius 1 is 1.40 bits per heavy atom. The maximum absolute atomic E-state index is 11.5. The molecule has 0 heterocycles. The number of nitrogens with one attached hydrogen (secondary N) is 1. The number of amides is 1. The van der Waals surface area contributed by atoms with Crippen molar-refractivity contribution in [2.75, 3.05) is 6.54 Å². The summed E-state index contributed by atoms with van der Waals surface area (Å²) in [7, 11) is 0. The maximum atomic E-state index is 11.5. The average molecular weight is 216 g/mol. The fraction of sp³-hybridized carbons (Fsp3) is 0.800. The number of carboxylic acids is 1. The minimum Gasteiger partial charge on any atom is -0.480 e. The van der Waals surface area contributed by atoms with Crippen LogP contribution in [0, 0.1) is 5.41 Å². The van der Waals surface area contributed by atoms with Gasteiger partial charge >= 0.3 is 5.97 Å². The van der Waals surface area contributed by atoms with Gasteiger partial charge in [0.15, 0.2) is 0 Å². The van der Waals surface area contributed by atoms with E-state index in [0.717, 1.165) is 0 Å². The van der Waals surface area contributed by atoms with Gasteiger partial charge in [0, 0.05) is 5.41 Å². The van der Waals surface area contributed by atoms with Gasteiger partial charge in [0.2, 0.25) is 5.91 Å². The molecule has 5 nitrogen and oxygen atoms in total. The third kappa shape index (κ3) is 5.37. The second-order valence-electron chi connectivity index (χ2n) is 4.55. The van der Waals surface area contributed by atoms with Gasteiger partial charge in [0.1, 0.15) is 6.04 Å². The molecule has 0 aromatic carbocycles. The van der Waals surface area contributed by atoms with Crippen LogP contribution in [0.5, 0.6) is 0 Å². The lowest BCUT2D eigenvalue weighted by molar-refractivity contribution is -0.143. The van der Waals surface area contributed by atoms with E-state index < -0.39 is 17.4 Å². The molecule has 0 aromatic heterocycles. The van der Waals surface area contributed by atoms with Crippen LogP contribution in [0.25, 0.3) is 0 Å². The molecule has 0 saturated heterocycles. The Morgan fingerprint density at radius 2 is 1.93 bits per heavy atom. The van der Waals surface area contributed by atoms with Gasteiger partial charge in [-0.1, -0.05) is 20.8 Å². The highest BCUT2D eigenvalue weighted by atomic mass is 16.4. The topological polar surface area (TPSA) is 92.4 Å². The quantitative estimate of drug-likeness (QED) is 0.618. The van der Waals surface area contributed by atoms with E-state index in [2.05, 4.69) is 5.32 Å². The summed E-state index contributed by atoms with van der Waals surface area (Å²) in [6.07, 6.45) is 0.953. The fourth-order valence-electron chi connectivity index (χ4n) is 0.954. The SMILES string of the molecule is CC(C)(C)C(=O)N[C@H](CCCN)C(=O)O. The molecule has 15 heavy (non-hydrogen) atoms. The van der Waals surface area contributed by atoms with Crippen LogP contribution >= 0.6 is 0 Å². The van der Waals surface area contributed by atoms with Gasteiger partial charge in [-0.3, -0.25) is 4.79 Å². The van der Waals surface area contributed by atoms with Crippen LogP contribution in [-0.4, -0.2) is 29.6 Å². The van der Waals surface area contributed by atoms with Crippen molar-refractivity contribution < 1.29 is 14.7 Å². The molecule has 88 valence electrons. The molecule has 1 amide bonds.